The molecule has 26 heavy (non-hydrogen) atoms. The number of benzene rings is 1. The van der Waals surface area contributed by atoms with Gasteiger partial charge in [0.1, 0.15) is 26.2 Å². The first-order chi connectivity index (χ1) is 12.7. The number of aromatic amines is 1. The second-order valence-corrected chi connectivity index (χ2v) is 7.66. The first-order valence-corrected chi connectivity index (χ1v) is 10.0. The molecule has 138 valence electrons. The number of halogens is 1. The standard InChI is InChI=1S/C20H25BrN4O/c1-2-18(16-6-8-17(21)9-7-16)23-20(26)15-24-11-13-25(14-12-24)19-5-3-4-10-22-19/h3-10,18H,2,11-15H2,1H3,(H,23,26)/p+2/t18-/m0/s1. The van der Waals surface area contributed by atoms with Gasteiger partial charge >= 0.3 is 0 Å². The Morgan fingerprint density at radius 2 is 1.96 bits per heavy atom. The van der Waals surface area contributed by atoms with Crippen molar-refractivity contribution in [2.24, 2.45) is 0 Å². The van der Waals surface area contributed by atoms with Gasteiger partial charge in [-0.3, -0.25) is 9.69 Å². The van der Waals surface area contributed by atoms with Crippen LogP contribution in [-0.4, -0.2) is 38.6 Å². The Labute approximate surface area is 163 Å². The Morgan fingerprint density at radius 1 is 1.23 bits per heavy atom. The second-order valence-electron chi connectivity index (χ2n) is 6.74. The summed E-state index contributed by atoms with van der Waals surface area (Å²) in [6.07, 6.45) is 2.84. The number of hydrogen-bond acceptors (Lipinski definition) is 2. The van der Waals surface area contributed by atoms with Crippen LogP contribution in [0.1, 0.15) is 24.9 Å². The monoisotopic (exact) mass is 418 g/mol. The fourth-order valence-electron chi connectivity index (χ4n) is 3.41. The summed E-state index contributed by atoms with van der Waals surface area (Å²) in [6.45, 7) is 6.53. The first-order valence-electron chi connectivity index (χ1n) is 9.25. The molecule has 1 amide bonds. The molecule has 1 atom stereocenters. The summed E-state index contributed by atoms with van der Waals surface area (Å²) in [6, 6.07) is 14.4. The number of hydrogen-bond donors (Lipinski definition) is 2. The number of carbonyl (C=O) groups is 1. The average Bonchev–Trinajstić information content (AvgIpc) is 2.68. The highest BCUT2D eigenvalue weighted by atomic mass is 79.9. The maximum atomic E-state index is 12.5. The van der Waals surface area contributed by atoms with Crippen LogP contribution in [-0.2, 0) is 4.79 Å². The molecule has 1 aliphatic heterocycles. The predicted octanol–water partition coefficient (Wildman–Crippen LogP) is 1.24. The number of pyridine rings is 1. The third kappa shape index (κ3) is 5.05. The number of piperazine rings is 1. The lowest BCUT2D eigenvalue weighted by Gasteiger charge is -2.28. The van der Waals surface area contributed by atoms with E-state index in [-0.39, 0.29) is 11.9 Å². The number of quaternary nitrogens is 1. The van der Waals surface area contributed by atoms with E-state index in [1.54, 1.807) is 0 Å². The zero-order chi connectivity index (χ0) is 18.4. The molecular formula is C20H27BrN4O+2. The minimum absolute atomic E-state index is 0.0789. The highest BCUT2D eigenvalue weighted by molar-refractivity contribution is 9.10. The number of nitrogens with zero attached hydrogens (tertiary/aromatic N) is 1. The molecule has 3 rings (SSSR count). The lowest BCUT2D eigenvalue weighted by Crippen LogP contribution is -3.16. The van der Waals surface area contributed by atoms with Crippen molar-refractivity contribution in [2.45, 2.75) is 19.4 Å². The van der Waals surface area contributed by atoms with Gasteiger partial charge in [-0.05, 0) is 30.2 Å². The molecule has 3 N–H and O–H groups in total. The van der Waals surface area contributed by atoms with Gasteiger partial charge in [0, 0.05) is 10.5 Å². The smallest absolute Gasteiger partial charge is 0.275 e. The Bertz CT molecular complexity index is 700. The molecule has 0 unspecified atom stereocenters. The Morgan fingerprint density at radius 3 is 2.58 bits per heavy atom. The van der Waals surface area contributed by atoms with Crippen LogP contribution in [0.4, 0.5) is 5.82 Å². The largest absolute Gasteiger partial charge is 0.344 e. The summed E-state index contributed by atoms with van der Waals surface area (Å²) in [5.41, 5.74) is 1.16. The van der Waals surface area contributed by atoms with Gasteiger partial charge in [-0.25, -0.2) is 4.98 Å². The molecule has 0 saturated carbocycles. The number of nitrogens with one attached hydrogen (secondary N) is 3. The number of anilines is 1. The Balaban J connectivity index is 1.48. The van der Waals surface area contributed by atoms with Gasteiger partial charge in [-0.1, -0.05) is 41.1 Å². The number of H-pyrrole nitrogens is 1. The van der Waals surface area contributed by atoms with Gasteiger partial charge in [-0.15, -0.1) is 0 Å². The molecule has 2 heterocycles. The lowest BCUT2D eigenvalue weighted by atomic mass is 10.0. The molecule has 2 aromatic rings. The van der Waals surface area contributed by atoms with E-state index in [0.717, 1.165) is 48.5 Å². The maximum absolute atomic E-state index is 12.5. The summed E-state index contributed by atoms with van der Waals surface area (Å²) < 4.78 is 1.06. The summed E-state index contributed by atoms with van der Waals surface area (Å²) >= 11 is 3.46. The van der Waals surface area contributed by atoms with E-state index < -0.39 is 0 Å². The van der Waals surface area contributed by atoms with Gasteiger partial charge in [0.25, 0.3) is 11.7 Å². The summed E-state index contributed by atoms with van der Waals surface area (Å²) in [5, 5.41) is 3.20. The average molecular weight is 419 g/mol. The van der Waals surface area contributed by atoms with Crippen LogP contribution in [0.3, 0.4) is 0 Å². The summed E-state index contributed by atoms with van der Waals surface area (Å²) in [7, 11) is 0. The topological polar surface area (TPSA) is 50.9 Å². The molecule has 6 heteroatoms. The molecule has 5 nitrogen and oxygen atoms in total. The Hall–Kier alpha value is -1.92. The quantitative estimate of drug-likeness (QED) is 0.741. The van der Waals surface area contributed by atoms with Crippen LogP contribution < -0.4 is 20.1 Å². The minimum Gasteiger partial charge on any atom is -0.344 e. The molecule has 1 fully saturated rings. The first kappa shape index (κ1) is 18.9. The highest BCUT2D eigenvalue weighted by Crippen LogP contribution is 2.19. The fourth-order valence-corrected chi connectivity index (χ4v) is 3.67. The van der Waals surface area contributed by atoms with Gasteiger partial charge < -0.3 is 10.2 Å². The molecule has 1 aromatic heterocycles. The fraction of sp³-hybridized carbons (Fsp3) is 0.400. The van der Waals surface area contributed by atoms with Gasteiger partial charge in [0.05, 0.1) is 12.2 Å². The lowest BCUT2D eigenvalue weighted by molar-refractivity contribution is -0.892. The molecule has 1 saturated heterocycles. The van der Waals surface area contributed by atoms with Crippen molar-refractivity contribution in [3.05, 3.63) is 58.7 Å². The van der Waals surface area contributed by atoms with E-state index in [1.807, 2.05) is 30.5 Å². The van der Waals surface area contributed by atoms with E-state index in [1.165, 1.54) is 4.90 Å². The molecule has 1 aliphatic rings. The van der Waals surface area contributed by atoms with Crippen LogP contribution in [0.25, 0.3) is 0 Å². The predicted molar refractivity (Wildman–Crippen MR) is 106 cm³/mol. The summed E-state index contributed by atoms with van der Waals surface area (Å²) in [4.78, 5) is 19.5. The number of rotatable bonds is 6. The van der Waals surface area contributed by atoms with Crippen LogP contribution >= 0.6 is 15.9 Å². The molecule has 0 spiro atoms. The van der Waals surface area contributed by atoms with Crippen molar-refractivity contribution < 1.29 is 14.7 Å². The van der Waals surface area contributed by atoms with Crippen molar-refractivity contribution in [3.8, 4) is 0 Å². The number of amides is 1. The van der Waals surface area contributed by atoms with Gasteiger partial charge in [0.15, 0.2) is 6.54 Å². The van der Waals surface area contributed by atoms with Crippen LogP contribution in [0, 0.1) is 0 Å². The van der Waals surface area contributed by atoms with Crippen molar-refractivity contribution in [1.29, 1.82) is 0 Å². The van der Waals surface area contributed by atoms with E-state index in [9.17, 15) is 4.79 Å². The third-order valence-electron chi connectivity index (χ3n) is 4.93. The van der Waals surface area contributed by atoms with E-state index in [4.69, 9.17) is 0 Å². The van der Waals surface area contributed by atoms with Crippen LogP contribution in [0.5, 0.6) is 0 Å². The van der Waals surface area contributed by atoms with E-state index in [0.29, 0.717) is 6.54 Å². The second kappa shape index (κ2) is 9.14. The molecule has 1 aromatic carbocycles. The van der Waals surface area contributed by atoms with E-state index >= 15 is 0 Å². The normalized spacial score (nSPS) is 16.3. The molecular weight excluding hydrogens is 392 g/mol. The molecule has 0 aliphatic carbocycles. The number of aromatic nitrogens is 1. The van der Waals surface area contributed by atoms with Crippen molar-refractivity contribution in [1.82, 2.24) is 5.32 Å². The zero-order valence-electron chi connectivity index (χ0n) is 15.2. The van der Waals surface area contributed by atoms with Crippen LogP contribution in [0.2, 0.25) is 0 Å². The van der Waals surface area contributed by atoms with Gasteiger partial charge in [0.2, 0.25) is 0 Å². The SMILES string of the molecule is CC[C@H](NC(=O)C[NH+]1CCN(c2cccc[nH+]2)CC1)c1ccc(Br)cc1. The van der Waals surface area contributed by atoms with Crippen molar-refractivity contribution in [3.63, 3.8) is 0 Å². The molecule has 0 radical (unpaired) electrons. The highest BCUT2D eigenvalue weighted by Gasteiger charge is 2.27. The van der Waals surface area contributed by atoms with Crippen molar-refractivity contribution in [2.75, 3.05) is 37.6 Å². The minimum atomic E-state index is 0.0789. The van der Waals surface area contributed by atoms with Gasteiger partial charge in [-0.2, -0.15) is 0 Å². The van der Waals surface area contributed by atoms with Crippen LogP contribution in [0.15, 0.2) is 53.1 Å². The zero-order valence-corrected chi connectivity index (χ0v) is 16.8. The number of carbonyl (C=O) groups excluding carboxylic acids is 1. The molecule has 0 bridgehead atoms. The third-order valence-corrected chi connectivity index (χ3v) is 5.46. The van der Waals surface area contributed by atoms with Crippen molar-refractivity contribution >= 4 is 27.7 Å². The maximum Gasteiger partial charge on any atom is 0.275 e. The summed E-state index contributed by atoms with van der Waals surface area (Å²) in [5.74, 6) is 1.28. The Kier molecular flexibility index (Phi) is 6.63. The van der Waals surface area contributed by atoms with E-state index in [2.05, 4.69) is 56.3 Å².